The van der Waals surface area contributed by atoms with Crippen LogP contribution in [-0.2, 0) is 13.0 Å². The SMILES string of the molecule is COc1cc2c(cc1OC)CN(C(=O)NCC1CCCN(C(C)C)C1)CC2. The number of carbonyl (C=O) groups is 1. The van der Waals surface area contributed by atoms with E-state index in [0.29, 0.717) is 18.5 Å². The molecule has 0 aromatic heterocycles. The molecule has 27 heavy (non-hydrogen) atoms. The Morgan fingerprint density at radius 2 is 1.89 bits per heavy atom. The highest BCUT2D eigenvalue weighted by atomic mass is 16.5. The van der Waals surface area contributed by atoms with Crippen molar-refractivity contribution in [3.05, 3.63) is 23.3 Å². The monoisotopic (exact) mass is 375 g/mol. The molecule has 0 saturated carbocycles. The fraction of sp³-hybridized carbons (Fsp3) is 0.667. The lowest BCUT2D eigenvalue weighted by Crippen LogP contribution is -2.47. The Morgan fingerprint density at radius 1 is 1.19 bits per heavy atom. The molecule has 0 spiro atoms. The second-order valence-electron chi connectivity index (χ2n) is 7.93. The Labute approximate surface area is 162 Å². The highest BCUT2D eigenvalue weighted by Crippen LogP contribution is 2.33. The molecular weight excluding hydrogens is 342 g/mol. The van der Waals surface area contributed by atoms with Gasteiger partial charge in [-0.05, 0) is 68.8 Å². The number of hydrogen-bond donors (Lipinski definition) is 1. The summed E-state index contributed by atoms with van der Waals surface area (Å²) in [6, 6.07) is 4.65. The third kappa shape index (κ3) is 4.67. The summed E-state index contributed by atoms with van der Waals surface area (Å²) in [5, 5.41) is 3.17. The molecule has 1 unspecified atom stereocenters. The van der Waals surface area contributed by atoms with Gasteiger partial charge in [-0.2, -0.15) is 0 Å². The van der Waals surface area contributed by atoms with Gasteiger partial charge in [0.05, 0.1) is 14.2 Å². The Morgan fingerprint density at radius 3 is 2.56 bits per heavy atom. The van der Waals surface area contributed by atoms with Gasteiger partial charge < -0.3 is 24.6 Å². The number of carbonyl (C=O) groups excluding carboxylic acids is 1. The molecule has 2 amide bonds. The van der Waals surface area contributed by atoms with E-state index in [1.165, 1.54) is 24.9 Å². The molecule has 1 atom stereocenters. The first-order chi connectivity index (χ1) is 13.0. The van der Waals surface area contributed by atoms with Crippen LogP contribution in [0.3, 0.4) is 0 Å². The maximum atomic E-state index is 12.7. The largest absolute Gasteiger partial charge is 0.493 e. The van der Waals surface area contributed by atoms with Gasteiger partial charge in [0.15, 0.2) is 11.5 Å². The molecular formula is C21H33N3O3. The van der Waals surface area contributed by atoms with Crippen LogP contribution < -0.4 is 14.8 Å². The molecule has 6 heteroatoms. The Balaban J connectivity index is 1.56. The van der Waals surface area contributed by atoms with Gasteiger partial charge in [-0.1, -0.05) is 0 Å². The fourth-order valence-electron chi connectivity index (χ4n) is 4.13. The van der Waals surface area contributed by atoms with Crippen LogP contribution in [-0.4, -0.2) is 62.3 Å². The normalized spacial score (nSPS) is 20.3. The fourth-order valence-corrected chi connectivity index (χ4v) is 4.13. The lowest BCUT2D eigenvalue weighted by Gasteiger charge is -2.36. The first-order valence-electron chi connectivity index (χ1n) is 10.0. The number of likely N-dealkylation sites (tertiary alicyclic amines) is 1. The lowest BCUT2D eigenvalue weighted by molar-refractivity contribution is 0.136. The summed E-state index contributed by atoms with van der Waals surface area (Å²) < 4.78 is 10.8. The number of fused-ring (bicyclic) bond motifs is 1. The van der Waals surface area contributed by atoms with Crippen molar-refractivity contribution in [3.8, 4) is 11.5 Å². The van der Waals surface area contributed by atoms with Crippen molar-refractivity contribution in [2.45, 2.75) is 45.7 Å². The van der Waals surface area contributed by atoms with Crippen LogP contribution in [0.25, 0.3) is 0 Å². The molecule has 1 fully saturated rings. The number of ether oxygens (including phenoxy) is 2. The van der Waals surface area contributed by atoms with Gasteiger partial charge >= 0.3 is 6.03 Å². The molecule has 3 rings (SSSR count). The number of methoxy groups -OCH3 is 2. The minimum Gasteiger partial charge on any atom is -0.493 e. The van der Waals surface area contributed by atoms with Gasteiger partial charge in [-0.3, -0.25) is 0 Å². The summed E-state index contributed by atoms with van der Waals surface area (Å²) in [5.41, 5.74) is 2.37. The van der Waals surface area contributed by atoms with Gasteiger partial charge in [-0.25, -0.2) is 4.79 Å². The van der Waals surface area contributed by atoms with Crippen molar-refractivity contribution in [1.29, 1.82) is 0 Å². The highest BCUT2D eigenvalue weighted by Gasteiger charge is 2.25. The van der Waals surface area contributed by atoms with E-state index in [-0.39, 0.29) is 6.03 Å². The molecule has 0 radical (unpaired) electrons. The van der Waals surface area contributed by atoms with Crippen LogP contribution in [0.1, 0.15) is 37.8 Å². The third-order valence-electron chi connectivity index (χ3n) is 5.83. The van der Waals surface area contributed by atoms with Crippen molar-refractivity contribution in [2.75, 3.05) is 40.4 Å². The third-order valence-corrected chi connectivity index (χ3v) is 5.83. The number of benzene rings is 1. The van der Waals surface area contributed by atoms with E-state index in [1.807, 2.05) is 17.0 Å². The van der Waals surface area contributed by atoms with Crippen molar-refractivity contribution >= 4 is 6.03 Å². The van der Waals surface area contributed by atoms with Crippen LogP contribution in [0.5, 0.6) is 11.5 Å². The number of urea groups is 1. The Kier molecular flexibility index (Phi) is 6.47. The molecule has 150 valence electrons. The van der Waals surface area contributed by atoms with Crippen LogP contribution in [0.15, 0.2) is 12.1 Å². The molecule has 0 aliphatic carbocycles. The molecule has 1 saturated heterocycles. The summed E-state index contributed by atoms with van der Waals surface area (Å²) in [6.45, 7) is 8.86. The number of amides is 2. The predicted octanol–water partition coefficient (Wildman–Crippen LogP) is 2.89. The molecule has 2 aliphatic rings. The zero-order chi connectivity index (χ0) is 19.4. The van der Waals surface area contributed by atoms with E-state index in [4.69, 9.17) is 9.47 Å². The van der Waals surface area contributed by atoms with Gasteiger partial charge in [0, 0.05) is 32.2 Å². The summed E-state index contributed by atoms with van der Waals surface area (Å²) in [4.78, 5) is 17.1. The number of hydrogen-bond acceptors (Lipinski definition) is 4. The van der Waals surface area contributed by atoms with E-state index < -0.39 is 0 Å². The minimum atomic E-state index is 0.0390. The quantitative estimate of drug-likeness (QED) is 0.860. The molecule has 2 aliphatic heterocycles. The number of piperidine rings is 1. The standard InChI is InChI=1S/C21H33N3O3/c1-15(2)23-8-5-6-16(13-23)12-22-21(25)24-9-7-17-10-19(26-3)20(27-4)11-18(17)14-24/h10-11,15-16H,5-9,12-14H2,1-4H3,(H,22,25). The van der Waals surface area contributed by atoms with Crippen LogP contribution in [0.2, 0.25) is 0 Å². The Bertz CT molecular complexity index is 662. The lowest BCUT2D eigenvalue weighted by atomic mass is 9.97. The first-order valence-corrected chi connectivity index (χ1v) is 10.0. The van der Waals surface area contributed by atoms with Gasteiger partial charge in [0.25, 0.3) is 0 Å². The molecule has 1 aromatic rings. The molecule has 6 nitrogen and oxygen atoms in total. The number of nitrogens with zero attached hydrogens (tertiary/aromatic N) is 2. The van der Waals surface area contributed by atoms with Crippen LogP contribution in [0, 0.1) is 5.92 Å². The van der Waals surface area contributed by atoms with E-state index in [0.717, 1.165) is 43.1 Å². The van der Waals surface area contributed by atoms with Crippen LogP contribution >= 0.6 is 0 Å². The van der Waals surface area contributed by atoms with Crippen molar-refractivity contribution in [1.82, 2.24) is 15.1 Å². The smallest absolute Gasteiger partial charge is 0.317 e. The average Bonchev–Trinajstić information content (AvgIpc) is 2.70. The maximum Gasteiger partial charge on any atom is 0.317 e. The summed E-state index contributed by atoms with van der Waals surface area (Å²) in [6.07, 6.45) is 3.26. The molecule has 1 N–H and O–H groups in total. The average molecular weight is 376 g/mol. The number of rotatable bonds is 5. The van der Waals surface area contributed by atoms with E-state index in [1.54, 1.807) is 14.2 Å². The predicted molar refractivity (Wildman–Crippen MR) is 106 cm³/mol. The highest BCUT2D eigenvalue weighted by molar-refractivity contribution is 5.74. The van der Waals surface area contributed by atoms with Crippen LogP contribution in [0.4, 0.5) is 4.79 Å². The zero-order valence-electron chi connectivity index (χ0n) is 17.1. The molecule has 0 bridgehead atoms. The number of nitrogens with one attached hydrogen (secondary N) is 1. The van der Waals surface area contributed by atoms with E-state index in [2.05, 4.69) is 24.1 Å². The topological polar surface area (TPSA) is 54.0 Å². The summed E-state index contributed by atoms with van der Waals surface area (Å²) in [7, 11) is 3.29. The summed E-state index contributed by atoms with van der Waals surface area (Å²) >= 11 is 0. The van der Waals surface area contributed by atoms with E-state index >= 15 is 0 Å². The maximum absolute atomic E-state index is 12.7. The summed E-state index contributed by atoms with van der Waals surface area (Å²) in [5.74, 6) is 2.02. The van der Waals surface area contributed by atoms with Gasteiger partial charge in [0.2, 0.25) is 0 Å². The van der Waals surface area contributed by atoms with Gasteiger partial charge in [0.1, 0.15) is 0 Å². The van der Waals surface area contributed by atoms with Gasteiger partial charge in [-0.15, -0.1) is 0 Å². The molecule has 1 aromatic carbocycles. The minimum absolute atomic E-state index is 0.0390. The first kappa shape index (κ1) is 19.8. The van der Waals surface area contributed by atoms with Crippen molar-refractivity contribution in [2.24, 2.45) is 5.92 Å². The second-order valence-corrected chi connectivity index (χ2v) is 7.93. The zero-order valence-corrected chi connectivity index (χ0v) is 17.1. The second kappa shape index (κ2) is 8.83. The molecule has 2 heterocycles. The van der Waals surface area contributed by atoms with E-state index in [9.17, 15) is 4.79 Å². The Hall–Kier alpha value is -1.95. The van der Waals surface area contributed by atoms with Crippen molar-refractivity contribution in [3.63, 3.8) is 0 Å². The van der Waals surface area contributed by atoms with Crippen molar-refractivity contribution < 1.29 is 14.3 Å².